The second-order valence-corrected chi connectivity index (χ2v) is 10.9. The molecule has 3 aromatic carbocycles. The van der Waals surface area contributed by atoms with E-state index in [0.717, 1.165) is 17.2 Å². The minimum atomic E-state index is -4.63. The van der Waals surface area contributed by atoms with Gasteiger partial charge in [0.2, 0.25) is 5.91 Å². The molecule has 8 heteroatoms. The number of alkyl halides is 3. The summed E-state index contributed by atoms with van der Waals surface area (Å²) in [7, 11) is 2.14. The lowest BCUT2D eigenvalue weighted by Crippen LogP contribution is -2.61. The Morgan fingerprint density at radius 1 is 1.08 bits per heavy atom. The number of primary amides is 1. The van der Waals surface area contributed by atoms with E-state index in [2.05, 4.69) is 31.3 Å². The SMILES string of the molecule is C[N+]1(C(c2ccccc2)c2ccccc2)CCC(O)(c2ccc(Cl)c(C(F)(F)F)c2)CC1CCCC(N)=O. The van der Waals surface area contributed by atoms with Crippen molar-refractivity contribution < 1.29 is 27.6 Å². The van der Waals surface area contributed by atoms with Crippen LogP contribution in [0.4, 0.5) is 13.2 Å². The maximum absolute atomic E-state index is 13.6. The molecule has 0 radical (unpaired) electrons. The summed E-state index contributed by atoms with van der Waals surface area (Å²) >= 11 is 5.87. The number of hydrogen-bond acceptors (Lipinski definition) is 2. The third-order valence-corrected chi connectivity index (χ3v) is 8.33. The first-order valence-electron chi connectivity index (χ1n) is 12.8. The van der Waals surface area contributed by atoms with Crippen molar-refractivity contribution >= 4 is 17.5 Å². The molecule has 1 saturated heterocycles. The number of carbonyl (C=O) groups is 1. The van der Waals surface area contributed by atoms with Gasteiger partial charge in [0.05, 0.1) is 30.2 Å². The van der Waals surface area contributed by atoms with Crippen molar-refractivity contribution in [3.8, 4) is 0 Å². The summed E-state index contributed by atoms with van der Waals surface area (Å²) in [6.45, 7) is 0.510. The van der Waals surface area contributed by atoms with Crippen LogP contribution in [0.15, 0.2) is 78.9 Å². The van der Waals surface area contributed by atoms with E-state index in [1.807, 2.05) is 36.4 Å². The highest BCUT2D eigenvalue weighted by atomic mass is 35.5. The molecule has 38 heavy (non-hydrogen) atoms. The zero-order valence-electron chi connectivity index (χ0n) is 21.3. The maximum atomic E-state index is 13.6. The molecule has 0 saturated carbocycles. The molecule has 1 amide bonds. The van der Waals surface area contributed by atoms with Crippen LogP contribution in [0.2, 0.25) is 5.02 Å². The molecule has 4 nitrogen and oxygen atoms in total. The summed E-state index contributed by atoms with van der Waals surface area (Å²) in [6, 6.07) is 23.6. The number of halogens is 4. The predicted molar refractivity (Wildman–Crippen MR) is 142 cm³/mol. The van der Waals surface area contributed by atoms with E-state index >= 15 is 0 Å². The molecule has 202 valence electrons. The Morgan fingerprint density at radius 3 is 2.18 bits per heavy atom. The number of carbonyl (C=O) groups excluding carboxylic acids is 1. The van der Waals surface area contributed by atoms with Crippen molar-refractivity contribution in [1.82, 2.24) is 0 Å². The summed E-state index contributed by atoms with van der Waals surface area (Å²) in [4.78, 5) is 11.5. The number of nitrogens with zero attached hydrogens (tertiary/aromatic N) is 1. The Balaban J connectivity index is 1.77. The molecular formula is C30H33ClF3N2O2+. The number of amides is 1. The molecular weight excluding hydrogens is 513 g/mol. The van der Waals surface area contributed by atoms with Crippen LogP contribution in [0, 0.1) is 0 Å². The number of aliphatic hydroxyl groups is 1. The largest absolute Gasteiger partial charge is 0.417 e. The summed E-state index contributed by atoms with van der Waals surface area (Å²) in [5.74, 6) is -0.402. The van der Waals surface area contributed by atoms with Gasteiger partial charge in [0.1, 0.15) is 11.6 Å². The van der Waals surface area contributed by atoms with Crippen LogP contribution in [-0.4, -0.2) is 35.1 Å². The summed E-state index contributed by atoms with van der Waals surface area (Å²) < 4.78 is 41.4. The van der Waals surface area contributed by atoms with E-state index in [9.17, 15) is 23.1 Å². The Labute approximate surface area is 226 Å². The second kappa shape index (κ2) is 11.1. The van der Waals surface area contributed by atoms with Crippen molar-refractivity contribution in [3.63, 3.8) is 0 Å². The van der Waals surface area contributed by atoms with Crippen LogP contribution in [0.3, 0.4) is 0 Å². The number of nitrogens with two attached hydrogens (primary N) is 1. The lowest BCUT2D eigenvalue weighted by molar-refractivity contribution is -0.964. The fourth-order valence-electron chi connectivity index (χ4n) is 6.00. The molecule has 3 atom stereocenters. The topological polar surface area (TPSA) is 63.3 Å². The second-order valence-electron chi connectivity index (χ2n) is 10.5. The molecule has 0 bridgehead atoms. The number of piperidine rings is 1. The summed E-state index contributed by atoms with van der Waals surface area (Å²) in [6.07, 6.45) is -2.82. The number of quaternary nitrogens is 1. The Bertz CT molecular complexity index is 1220. The third kappa shape index (κ3) is 5.90. The van der Waals surface area contributed by atoms with Gasteiger partial charge in [0.25, 0.3) is 0 Å². The van der Waals surface area contributed by atoms with Crippen molar-refractivity contribution in [2.75, 3.05) is 13.6 Å². The van der Waals surface area contributed by atoms with E-state index in [4.69, 9.17) is 17.3 Å². The monoisotopic (exact) mass is 545 g/mol. The zero-order valence-corrected chi connectivity index (χ0v) is 22.1. The zero-order chi connectivity index (χ0) is 27.6. The highest BCUT2D eigenvalue weighted by Crippen LogP contribution is 2.48. The molecule has 3 N–H and O–H groups in total. The molecule has 3 aromatic rings. The molecule has 1 aliphatic rings. The predicted octanol–water partition coefficient (Wildman–Crippen LogP) is 6.60. The van der Waals surface area contributed by atoms with Gasteiger partial charge in [-0.05, 0) is 24.1 Å². The van der Waals surface area contributed by atoms with Gasteiger partial charge in [-0.25, -0.2) is 0 Å². The van der Waals surface area contributed by atoms with Crippen LogP contribution in [0.5, 0.6) is 0 Å². The average Bonchev–Trinajstić information content (AvgIpc) is 2.87. The van der Waals surface area contributed by atoms with E-state index in [1.165, 1.54) is 12.1 Å². The van der Waals surface area contributed by atoms with Gasteiger partial charge in [-0.1, -0.05) is 78.3 Å². The van der Waals surface area contributed by atoms with E-state index in [1.54, 1.807) is 0 Å². The normalized spacial score (nSPS) is 23.9. The highest BCUT2D eigenvalue weighted by Gasteiger charge is 2.51. The molecule has 3 unspecified atom stereocenters. The van der Waals surface area contributed by atoms with Crippen molar-refractivity contribution in [2.24, 2.45) is 5.73 Å². The van der Waals surface area contributed by atoms with E-state index in [0.29, 0.717) is 23.9 Å². The first kappa shape index (κ1) is 28.1. The van der Waals surface area contributed by atoms with Gasteiger partial charge >= 0.3 is 6.18 Å². The van der Waals surface area contributed by atoms with Gasteiger partial charge in [0.15, 0.2) is 0 Å². The first-order chi connectivity index (χ1) is 17.9. The first-order valence-corrected chi connectivity index (χ1v) is 13.1. The van der Waals surface area contributed by atoms with Crippen LogP contribution >= 0.6 is 11.6 Å². The van der Waals surface area contributed by atoms with Crippen LogP contribution in [-0.2, 0) is 16.6 Å². The van der Waals surface area contributed by atoms with Gasteiger partial charge in [-0.3, -0.25) is 4.79 Å². The van der Waals surface area contributed by atoms with Crippen molar-refractivity contribution in [2.45, 2.75) is 56.0 Å². The minimum absolute atomic E-state index is 0.0727. The fraction of sp³-hybridized carbons (Fsp3) is 0.367. The summed E-state index contributed by atoms with van der Waals surface area (Å²) in [5.41, 5.74) is 5.41. The van der Waals surface area contributed by atoms with Crippen LogP contribution < -0.4 is 5.73 Å². The fourth-order valence-corrected chi connectivity index (χ4v) is 6.22. The Hall–Kier alpha value is -2.87. The minimum Gasteiger partial charge on any atom is -0.385 e. The molecule has 1 heterocycles. The lowest BCUT2D eigenvalue weighted by Gasteiger charge is -2.54. The number of likely N-dealkylation sites (tertiary alicyclic amines) is 1. The van der Waals surface area contributed by atoms with Gasteiger partial charge in [0, 0.05) is 36.8 Å². The molecule has 1 aliphatic heterocycles. The smallest absolute Gasteiger partial charge is 0.385 e. The molecule has 0 aromatic heterocycles. The highest BCUT2D eigenvalue weighted by molar-refractivity contribution is 6.31. The molecule has 0 spiro atoms. The third-order valence-electron chi connectivity index (χ3n) is 8.00. The van der Waals surface area contributed by atoms with Gasteiger partial charge < -0.3 is 15.3 Å². The van der Waals surface area contributed by atoms with Crippen molar-refractivity contribution in [3.05, 3.63) is 106 Å². The Kier molecular flexibility index (Phi) is 8.21. The lowest BCUT2D eigenvalue weighted by atomic mass is 9.76. The quantitative estimate of drug-likeness (QED) is 0.313. The Morgan fingerprint density at radius 2 is 1.66 bits per heavy atom. The van der Waals surface area contributed by atoms with Crippen LogP contribution in [0.25, 0.3) is 0 Å². The van der Waals surface area contributed by atoms with E-state index < -0.39 is 28.3 Å². The van der Waals surface area contributed by atoms with Crippen LogP contribution in [0.1, 0.15) is 60.4 Å². The molecule has 4 rings (SSSR count). The number of rotatable bonds is 8. The van der Waals surface area contributed by atoms with E-state index in [-0.39, 0.29) is 36.9 Å². The number of benzene rings is 3. The standard InChI is InChI=1S/C30H32ClF3N2O2/c1-36(28(21-9-4-2-5-10-21)22-11-6-3-7-12-22)18-17-29(38,20-24(36)13-8-14-27(35)37)23-15-16-26(31)25(19-23)30(32,33)34/h2-7,9-12,15-16,19,24,28,38H,8,13-14,17-18,20H2,1H3,(H-,35,37)/p+1. The number of hydrogen-bond donors (Lipinski definition) is 2. The average molecular weight is 546 g/mol. The van der Waals surface area contributed by atoms with Gasteiger partial charge in [-0.2, -0.15) is 13.2 Å². The molecule has 1 fully saturated rings. The molecule has 0 aliphatic carbocycles. The maximum Gasteiger partial charge on any atom is 0.417 e. The van der Waals surface area contributed by atoms with Gasteiger partial charge in [-0.15, -0.1) is 0 Å². The summed E-state index contributed by atoms with van der Waals surface area (Å²) in [5, 5.41) is 11.4. The van der Waals surface area contributed by atoms with Crippen molar-refractivity contribution in [1.29, 1.82) is 0 Å².